The highest BCUT2D eigenvalue weighted by molar-refractivity contribution is 5.65. The second-order valence-electron chi connectivity index (χ2n) is 6.22. The van der Waals surface area contributed by atoms with Crippen LogP contribution in [0.4, 0.5) is 18.0 Å². The molecule has 2 heterocycles. The van der Waals surface area contributed by atoms with Crippen LogP contribution in [-0.2, 0) is 6.18 Å². The van der Waals surface area contributed by atoms with Crippen LogP contribution in [0.25, 0.3) is 0 Å². The van der Waals surface area contributed by atoms with Gasteiger partial charge in [0.2, 0.25) is 0 Å². The fourth-order valence-corrected chi connectivity index (χ4v) is 3.50. The predicted octanol–water partition coefficient (Wildman–Crippen LogP) is 3.21. The Morgan fingerprint density at radius 2 is 2.08 bits per heavy atom. The zero-order valence-electron chi connectivity index (χ0n) is 13.2. The van der Waals surface area contributed by atoms with E-state index >= 15 is 0 Å². The summed E-state index contributed by atoms with van der Waals surface area (Å²) in [5.74, 6) is 0.272. The van der Waals surface area contributed by atoms with Gasteiger partial charge in [0.25, 0.3) is 0 Å². The average Bonchev–Trinajstić information content (AvgIpc) is 2.53. The number of halogens is 3. The highest BCUT2D eigenvalue weighted by Crippen LogP contribution is 2.41. The molecular weight excluding hydrogens is 325 g/mol. The van der Waals surface area contributed by atoms with Gasteiger partial charge in [0, 0.05) is 43.7 Å². The standard InChI is InChI=1S/C16H19F3N2O3/c1-10-9-20(15(22)23)5-6-21(10)13-4-7-24-14-8-11(16(17,18)19)2-3-12(13)14/h2-3,8,10,13H,4-7,9H2,1H3,(H,22,23)/t10-,13?/m1/s1. The molecule has 2 atom stereocenters. The number of fused-ring (bicyclic) bond motifs is 1. The van der Waals surface area contributed by atoms with Gasteiger partial charge in [-0.25, -0.2) is 4.79 Å². The van der Waals surface area contributed by atoms with Crippen molar-refractivity contribution in [3.8, 4) is 5.75 Å². The quantitative estimate of drug-likeness (QED) is 0.850. The van der Waals surface area contributed by atoms with E-state index < -0.39 is 17.8 Å². The lowest BCUT2D eigenvalue weighted by Gasteiger charge is -2.44. The summed E-state index contributed by atoms with van der Waals surface area (Å²) in [6, 6.07) is 3.56. The Bertz CT molecular complexity index is 635. The van der Waals surface area contributed by atoms with E-state index in [1.165, 1.54) is 11.0 Å². The Morgan fingerprint density at radius 1 is 1.33 bits per heavy atom. The van der Waals surface area contributed by atoms with Crippen LogP contribution in [0.3, 0.4) is 0 Å². The predicted molar refractivity (Wildman–Crippen MR) is 80.1 cm³/mol. The minimum atomic E-state index is -4.40. The van der Waals surface area contributed by atoms with E-state index in [-0.39, 0.29) is 17.8 Å². The van der Waals surface area contributed by atoms with E-state index in [1.807, 2.05) is 6.92 Å². The molecule has 0 aliphatic carbocycles. The molecule has 1 fully saturated rings. The lowest BCUT2D eigenvalue weighted by molar-refractivity contribution is -0.137. The van der Waals surface area contributed by atoms with Crippen LogP contribution in [0.5, 0.6) is 5.75 Å². The zero-order valence-corrected chi connectivity index (χ0v) is 13.2. The molecule has 1 unspecified atom stereocenters. The van der Waals surface area contributed by atoms with Gasteiger partial charge in [0.1, 0.15) is 5.75 Å². The summed E-state index contributed by atoms with van der Waals surface area (Å²) in [5, 5.41) is 9.10. The third-order valence-corrected chi connectivity index (χ3v) is 4.70. The van der Waals surface area contributed by atoms with E-state index in [9.17, 15) is 18.0 Å². The number of hydrogen-bond donors (Lipinski definition) is 1. The first kappa shape index (κ1) is 16.9. The fourth-order valence-electron chi connectivity index (χ4n) is 3.50. The molecule has 1 aromatic rings. The van der Waals surface area contributed by atoms with Crippen molar-refractivity contribution >= 4 is 6.09 Å². The molecule has 2 aliphatic heterocycles. The SMILES string of the molecule is C[C@@H]1CN(C(=O)O)CCN1C1CCOc2cc(C(F)(F)F)ccc21. The second kappa shape index (κ2) is 6.16. The summed E-state index contributed by atoms with van der Waals surface area (Å²) in [4.78, 5) is 14.6. The summed E-state index contributed by atoms with van der Waals surface area (Å²) in [7, 11) is 0. The molecule has 8 heteroatoms. The molecule has 24 heavy (non-hydrogen) atoms. The first-order valence-corrected chi connectivity index (χ1v) is 7.85. The van der Waals surface area contributed by atoms with Gasteiger partial charge in [0.05, 0.1) is 12.2 Å². The number of rotatable bonds is 1. The minimum absolute atomic E-state index is 0.00640. The number of carbonyl (C=O) groups is 1. The van der Waals surface area contributed by atoms with Crippen molar-refractivity contribution in [2.24, 2.45) is 0 Å². The van der Waals surface area contributed by atoms with Crippen LogP contribution in [0, 0.1) is 0 Å². The second-order valence-corrected chi connectivity index (χ2v) is 6.22. The smallest absolute Gasteiger partial charge is 0.416 e. The highest BCUT2D eigenvalue weighted by atomic mass is 19.4. The maximum absolute atomic E-state index is 12.9. The molecular formula is C16H19F3N2O3. The largest absolute Gasteiger partial charge is 0.493 e. The first-order valence-electron chi connectivity index (χ1n) is 7.85. The van der Waals surface area contributed by atoms with Gasteiger partial charge < -0.3 is 14.7 Å². The van der Waals surface area contributed by atoms with Crippen LogP contribution >= 0.6 is 0 Å². The highest BCUT2D eigenvalue weighted by Gasteiger charge is 2.37. The van der Waals surface area contributed by atoms with Gasteiger partial charge in [-0.1, -0.05) is 6.07 Å². The van der Waals surface area contributed by atoms with Crippen LogP contribution in [0.15, 0.2) is 18.2 Å². The normalized spacial score (nSPS) is 25.1. The van der Waals surface area contributed by atoms with Gasteiger partial charge in [-0.15, -0.1) is 0 Å². The van der Waals surface area contributed by atoms with Gasteiger partial charge in [-0.3, -0.25) is 4.90 Å². The monoisotopic (exact) mass is 344 g/mol. The Hall–Kier alpha value is -1.96. The number of carboxylic acid groups (broad SMARTS) is 1. The Balaban J connectivity index is 1.84. The van der Waals surface area contributed by atoms with Crippen molar-refractivity contribution in [1.29, 1.82) is 0 Å². The van der Waals surface area contributed by atoms with Crippen molar-refractivity contribution in [3.05, 3.63) is 29.3 Å². The van der Waals surface area contributed by atoms with E-state index in [0.29, 0.717) is 32.7 Å². The number of amides is 1. The maximum Gasteiger partial charge on any atom is 0.416 e. The molecule has 1 saturated heterocycles. The summed E-state index contributed by atoms with van der Waals surface area (Å²) in [6.45, 7) is 3.63. The maximum atomic E-state index is 12.9. The molecule has 0 spiro atoms. The van der Waals surface area contributed by atoms with Gasteiger partial charge in [0.15, 0.2) is 0 Å². The van der Waals surface area contributed by atoms with E-state index in [0.717, 1.165) is 17.7 Å². The molecule has 3 rings (SSSR count). The van der Waals surface area contributed by atoms with E-state index in [4.69, 9.17) is 9.84 Å². The number of ether oxygens (including phenoxy) is 1. The van der Waals surface area contributed by atoms with E-state index in [2.05, 4.69) is 4.90 Å². The third kappa shape index (κ3) is 3.15. The molecule has 132 valence electrons. The van der Waals surface area contributed by atoms with Crippen LogP contribution in [0.2, 0.25) is 0 Å². The van der Waals surface area contributed by atoms with Crippen molar-refractivity contribution < 1.29 is 27.8 Å². The van der Waals surface area contributed by atoms with Gasteiger partial charge >= 0.3 is 12.3 Å². The Kier molecular flexibility index (Phi) is 4.33. The van der Waals surface area contributed by atoms with Crippen molar-refractivity contribution in [2.45, 2.75) is 31.6 Å². The first-order chi connectivity index (χ1) is 11.3. The van der Waals surface area contributed by atoms with Crippen LogP contribution < -0.4 is 4.74 Å². The van der Waals surface area contributed by atoms with Crippen molar-refractivity contribution in [3.63, 3.8) is 0 Å². The average molecular weight is 344 g/mol. The summed E-state index contributed by atoms with van der Waals surface area (Å²) in [6.07, 6.45) is -4.66. The molecule has 1 N–H and O–H groups in total. The summed E-state index contributed by atoms with van der Waals surface area (Å²) >= 11 is 0. The third-order valence-electron chi connectivity index (χ3n) is 4.70. The number of benzene rings is 1. The lowest BCUT2D eigenvalue weighted by Crippen LogP contribution is -2.54. The molecule has 2 aliphatic rings. The minimum Gasteiger partial charge on any atom is -0.493 e. The number of piperazine rings is 1. The molecule has 5 nitrogen and oxygen atoms in total. The molecule has 1 amide bonds. The Labute approximate surface area is 137 Å². The number of hydrogen-bond acceptors (Lipinski definition) is 3. The summed E-state index contributed by atoms with van der Waals surface area (Å²) < 4.78 is 44.0. The topological polar surface area (TPSA) is 53.0 Å². The number of nitrogens with zero attached hydrogens (tertiary/aromatic N) is 2. The molecule has 0 bridgehead atoms. The Morgan fingerprint density at radius 3 is 2.71 bits per heavy atom. The van der Waals surface area contributed by atoms with Gasteiger partial charge in [-0.2, -0.15) is 13.2 Å². The molecule has 0 radical (unpaired) electrons. The number of alkyl halides is 3. The molecule has 1 aromatic carbocycles. The zero-order chi connectivity index (χ0) is 17.5. The van der Waals surface area contributed by atoms with Crippen molar-refractivity contribution in [1.82, 2.24) is 9.80 Å². The van der Waals surface area contributed by atoms with Crippen molar-refractivity contribution in [2.75, 3.05) is 26.2 Å². The van der Waals surface area contributed by atoms with Crippen LogP contribution in [-0.4, -0.2) is 53.3 Å². The fraction of sp³-hybridized carbons (Fsp3) is 0.562. The molecule has 0 aromatic heterocycles. The van der Waals surface area contributed by atoms with E-state index in [1.54, 1.807) is 0 Å². The lowest BCUT2D eigenvalue weighted by atomic mass is 9.95. The van der Waals surface area contributed by atoms with Crippen LogP contribution in [0.1, 0.15) is 30.5 Å². The summed E-state index contributed by atoms with van der Waals surface area (Å²) in [5.41, 5.74) is 0.0236. The molecule has 0 saturated carbocycles. The van der Waals surface area contributed by atoms with Gasteiger partial charge in [-0.05, 0) is 19.1 Å².